The van der Waals surface area contributed by atoms with Gasteiger partial charge in [0.05, 0.1) is 10.6 Å². The van der Waals surface area contributed by atoms with Crippen LogP contribution in [-0.2, 0) is 9.84 Å². The van der Waals surface area contributed by atoms with E-state index < -0.39 is 9.84 Å². The Morgan fingerprint density at radius 2 is 1.88 bits per heavy atom. The van der Waals surface area contributed by atoms with Crippen molar-refractivity contribution in [1.29, 1.82) is 0 Å². The van der Waals surface area contributed by atoms with E-state index in [1.54, 1.807) is 12.1 Å². The fourth-order valence-electron chi connectivity index (χ4n) is 1.70. The van der Waals surface area contributed by atoms with Crippen LogP contribution in [0.4, 0.5) is 0 Å². The molecule has 1 aromatic carbocycles. The molecule has 17 heavy (non-hydrogen) atoms. The summed E-state index contributed by atoms with van der Waals surface area (Å²) in [4.78, 5) is 0.425. The van der Waals surface area contributed by atoms with Crippen LogP contribution in [0.25, 0.3) is 0 Å². The molecule has 1 atom stereocenters. The predicted molar refractivity (Wildman–Crippen MR) is 71.8 cm³/mol. The summed E-state index contributed by atoms with van der Waals surface area (Å²) in [7, 11) is -3.14. The lowest BCUT2D eigenvalue weighted by atomic mass is 10.1. The first-order chi connectivity index (χ1) is 7.95. The van der Waals surface area contributed by atoms with Crippen molar-refractivity contribution in [3.8, 4) is 0 Å². The van der Waals surface area contributed by atoms with Crippen molar-refractivity contribution in [1.82, 2.24) is 0 Å². The minimum Gasteiger partial charge on any atom is -0.224 e. The average Bonchev–Trinajstić information content (AvgIpc) is 2.26. The molecule has 0 saturated carbocycles. The second-order valence-electron chi connectivity index (χ2n) is 4.57. The van der Waals surface area contributed by atoms with Gasteiger partial charge in [0.1, 0.15) is 0 Å². The summed E-state index contributed by atoms with van der Waals surface area (Å²) in [5, 5.41) is 0. The van der Waals surface area contributed by atoms with Crippen LogP contribution in [0.15, 0.2) is 41.8 Å². The van der Waals surface area contributed by atoms with Gasteiger partial charge in [-0.25, -0.2) is 8.42 Å². The maximum absolute atomic E-state index is 12.1. The number of rotatable bonds is 6. The molecule has 0 saturated heterocycles. The van der Waals surface area contributed by atoms with Crippen LogP contribution in [0.1, 0.15) is 25.3 Å². The molecular weight excluding hydrogens is 232 g/mol. The zero-order valence-corrected chi connectivity index (χ0v) is 11.3. The Balaban J connectivity index is 2.74. The zero-order valence-electron chi connectivity index (χ0n) is 10.5. The minimum atomic E-state index is -3.14. The molecular formula is C14H20O2S. The molecule has 0 aliphatic rings. The summed E-state index contributed by atoms with van der Waals surface area (Å²) >= 11 is 0. The molecule has 0 radical (unpaired) electrons. The molecule has 0 N–H and O–H groups in total. The minimum absolute atomic E-state index is 0.166. The van der Waals surface area contributed by atoms with Crippen molar-refractivity contribution in [2.75, 3.05) is 5.75 Å². The second-order valence-corrected chi connectivity index (χ2v) is 6.60. The van der Waals surface area contributed by atoms with Crippen molar-refractivity contribution in [3.63, 3.8) is 0 Å². The van der Waals surface area contributed by atoms with E-state index in [1.165, 1.54) is 0 Å². The van der Waals surface area contributed by atoms with E-state index in [-0.39, 0.29) is 11.7 Å². The lowest BCUT2D eigenvalue weighted by Crippen LogP contribution is -2.14. The summed E-state index contributed by atoms with van der Waals surface area (Å²) in [6.07, 6.45) is 3.56. The molecule has 0 aromatic heterocycles. The van der Waals surface area contributed by atoms with Crippen molar-refractivity contribution >= 4 is 9.84 Å². The Kier molecular flexibility index (Phi) is 4.94. The topological polar surface area (TPSA) is 34.1 Å². The van der Waals surface area contributed by atoms with E-state index in [4.69, 9.17) is 0 Å². The highest BCUT2D eigenvalue weighted by atomic mass is 32.2. The highest BCUT2D eigenvalue weighted by molar-refractivity contribution is 7.91. The maximum atomic E-state index is 12.1. The number of aryl methyl sites for hydroxylation is 1. The molecule has 2 nitrogen and oxygen atoms in total. The van der Waals surface area contributed by atoms with Gasteiger partial charge in [0.15, 0.2) is 9.84 Å². The summed E-state index contributed by atoms with van der Waals surface area (Å²) in [6.45, 7) is 7.56. The Morgan fingerprint density at radius 1 is 1.29 bits per heavy atom. The standard InChI is InChI=1S/C14H20O2S/c1-4-5-6-13(3)11-17(15,16)14-9-7-12(2)8-10-14/h4,7-10,13H,1,5-6,11H2,2-3H3/t13-/m1/s1. The summed E-state index contributed by atoms with van der Waals surface area (Å²) in [5.41, 5.74) is 1.07. The number of hydrogen-bond acceptors (Lipinski definition) is 2. The Bertz CT molecular complexity index is 458. The van der Waals surface area contributed by atoms with Crippen LogP contribution in [0.5, 0.6) is 0 Å². The van der Waals surface area contributed by atoms with Crippen LogP contribution in [0.2, 0.25) is 0 Å². The zero-order chi connectivity index (χ0) is 12.9. The largest absolute Gasteiger partial charge is 0.224 e. The van der Waals surface area contributed by atoms with Crippen LogP contribution in [0.3, 0.4) is 0 Å². The van der Waals surface area contributed by atoms with Gasteiger partial charge < -0.3 is 0 Å². The van der Waals surface area contributed by atoms with Gasteiger partial charge in [-0.2, -0.15) is 0 Å². The molecule has 94 valence electrons. The van der Waals surface area contributed by atoms with Crippen molar-refractivity contribution < 1.29 is 8.42 Å². The van der Waals surface area contributed by atoms with E-state index >= 15 is 0 Å². The third-order valence-corrected chi connectivity index (χ3v) is 4.75. The molecule has 0 unspecified atom stereocenters. The van der Waals surface area contributed by atoms with Crippen molar-refractivity contribution in [2.24, 2.45) is 5.92 Å². The SMILES string of the molecule is C=CCC[C@@H](C)CS(=O)(=O)c1ccc(C)cc1. The summed E-state index contributed by atoms with van der Waals surface area (Å²) in [6, 6.07) is 7.04. The fourth-order valence-corrected chi connectivity index (χ4v) is 3.36. The maximum Gasteiger partial charge on any atom is 0.178 e. The molecule has 1 rings (SSSR count). The third-order valence-electron chi connectivity index (χ3n) is 2.75. The molecule has 0 aliphatic heterocycles. The smallest absolute Gasteiger partial charge is 0.178 e. The first-order valence-corrected chi connectivity index (χ1v) is 7.51. The first kappa shape index (κ1) is 14.0. The Hall–Kier alpha value is -1.09. The summed E-state index contributed by atoms with van der Waals surface area (Å²) in [5.74, 6) is 0.378. The van der Waals surface area contributed by atoms with E-state index in [0.29, 0.717) is 4.90 Å². The molecule has 3 heteroatoms. The van der Waals surface area contributed by atoms with Gasteiger partial charge in [0, 0.05) is 0 Å². The van der Waals surface area contributed by atoms with Gasteiger partial charge in [-0.1, -0.05) is 30.7 Å². The number of allylic oxidation sites excluding steroid dienone is 1. The van der Waals surface area contributed by atoms with Crippen LogP contribution < -0.4 is 0 Å². The van der Waals surface area contributed by atoms with Gasteiger partial charge in [-0.15, -0.1) is 6.58 Å². The van der Waals surface area contributed by atoms with Crippen molar-refractivity contribution in [2.45, 2.75) is 31.6 Å². The highest BCUT2D eigenvalue weighted by Crippen LogP contribution is 2.17. The number of sulfone groups is 1. The molecule has 1 aromatic rings. The van der Waals surface area contributed by atoms with Gasteiger partial charge >= 0.3 is 0 Å². The Morgan fingerprint density at radius 3 is 2.41 bits per heavy atom. The number of hydrogen-bond donors (Lipinski definition) is 0. The highest BCUT2D eigenvalue weighted by Gasteiger charge is 2.17. The van der Waals surface area contributed by atoms with Gasteiger partial charge in [0.2, 0.25) is 0 Å². The molecule has 0 heterocycles. The fraction of sp³-hybridized carbons (Fsp3) is 0.429. The van der Waals surface area contributed by atoms with Gasteiger partial charge in [-0.3, -0.25) is 0 Å². The van der Waals surface area contributed by atoms with E-state index in [9.17, 15) is 8.42 Å². The van der Waals surface area contributed by atoms with E-state index in [1.807, 2.05) is 32.1 Å². The second kappa shape index (κ2) is 6.01. The molecule has 0 amide bonds. The first-order valence-electron chi connectivity index (χ1n) is 5.86. The Labute approximate surface area is 104 Å². The van der Waals surface area contributed by atoms with Crippen molar-refractivity contribution in [3.05, 3.63) is 42.5 Å². The van der Waals surface area contributed by atoms with E-state index in [0.717, 1.165) is 18.4 Å². The molecule has 0 fully saturated rings. The third kappa shape index (κ3) is 4.35. The number of benzene rings is 1. The lowest BCUT2D eigenvalue weighted by Gasteiger charge is -2.11. The van der Waals surface area contributed by atoms with Crippen LogP contribution >= 0.6 is 0 Å². The van der Waals surface area contributed by atoms with Gasteiger partial charge in [0.25, 0.3) is 0 Å². The van der Waals surface area contributed by atoms with E-state index in [2.05, 4.69) is 6.58 Å². The predicted octanol–water partition coefficient (Wildman–Crippen LogP) is 3.37. The monoisotopic (exact) mass is 252 g/mol. The average molecular weight is 252 g/mol. The molecule has 0 bridgehead atoms. The van der Waals surface area contributed by atoms with Gasteiger partial charge in [-0.05, 0) is 37.8 Å². The quantitative estimate of drug-likeness (QED) is 0.727. The van der Waals surface area contributed by atoms with Crippen LogP contribution in [-0.4, -0.2) is 14.2 Å². The molecule has 0 aliphatic carbocycles. The normalized spacial score (nSPS) is 13.3. The summed E-state index contributed by atoms with van der Waals surface area (Å²) < 4.78 is 24.2. The lowest BCUT2D eigenvalue weighted by molar-refractivity contribution is 0.553. The van der Waals surface area contributed by atoms with Crippen LogP contribution in [0, 0.1) is 12.8 Å². The molecule has 0 spiro atoms.